The van der Waals surface area contributed by atoms with Crippen LogP contribution in [-0.4, -0.2) is 4.98 Å². The van der Waals surface area contributed by atoms with Crippen molar-refractivity contribution in [3.63, 3.8) is 0 Å². The van der Waals surface area contributed by atoms with Gasteiger partial charge in [-0.25, -0.2) is 4.39 Å². The molecule has 2 nitrogen and oxygen atoms in total. The van der Waals surface area contributed by atoms with Crippen LogP contribution in [0.25, 0.3) is 10.9 Å². The maximum atomic E-state index is 13.7. The van der Waals surface area contributed by atoms with Crippen molar-refractivity contribution in [2.45, 2.75) is 10.6 Å². The van der Waals surface area contributed by atoms with Crippen molar-refractivity contribution in [2.24, 2.45) is 0 Å². The summed E-state index contributed by atoms with van der Waals surface area (Å²) in [7, 11) is 0. The quantitative estimate of drug-likeness (QED) is 0.551. The van der Waals surface area contributed by atoms with E-state index in [0.29, 0.717) is 27.4 Å². The Labute approximate surface area is 131 Å². The second-order valence-electron chi connectivity index (χ2n) is 4.58. The van der Waals surface area contributed by atoms with E-state index in [-0.39, 0.29) is 5.82 Å². The Morgan fingerprint density at radius 2 is 2.05 bits per heavy atom. The van der Waals surface area contributed by atoms with Gasteiger partial charge in [0.05, 0.1) is 16.2 Å². The van der Waals surface area contributed by atoms with Gasteiger partial charge in [-0.1, -0.05) is 17.7 Å². The fourth-order valence-corrected chi connectivity index (χ4v) is 3.24. The lowest BCUT2D eigenvalue weighted by atomic mass is 10.1. The Balaban J connectivity index is 1.88. The summed E-state index contributed by atoms with van der Waals surface area (Å²) in [5.41, 5.74) is 7.95. The molecule has 0 aliphatic rings. The number of pyridine rings is 1. The number of nitrogens with two attached hydrogens (primary N) is 1. The number of nitrogens with zero attached hydrogens (tertiary/aromatic N) is 1. The molecule has 2 aromatic carbocycles. The van der Waals surface area contributed by atoms with Crippen LogP contribution in [0.1, 0.15) is 5.56 Å². The Morgan fingerprint density at radius 3 is 2.86 bits per heavy atom. The van der Waals surface area contributed by atoms with Gasteiger partial charge in [0.15, 0.2) is 0 Å². The highest BCUT2D eigenvalue weighted by atomic mass is 35.5. The SMILES string of the molecule is Nc1ccc(SCc2ccc(F)c3cccnc23)cc1Cl. The summed E-state index contributed by atoms with van der Waals surface area (Å²) in [4.78, 5) is 5.30. The van der Waals surface area contributed by atoms with Crippen molar-refractivity contribution in [3.05, 3.63) is 65.1 Å². The lowest BCUT2D eigenvalue weighted by Crippen LogP contribution is -1.90. The van der Waals surface area contributed by atoms with Crippen LogP contribution in [0.3, 0.4) is 0 Å². The second-order valence-corrected chi connectivity index (χ2v) is 6.03. The summed E-state index contributed by atoms with van der Waals surface area (Å²) in [6.45, 7) is 0. The number of fused-ring (bicyclic) bond motifs is 1. The van der Waals surface area contributed by atoms with E-state index < -0.39 is 0 Å². The van der Waals surface area contributed by atoms with E-state index in [1.54, 1.807) is 42.2 Å². The van der Waals surface area contributed by atoms with Crippen molar-refractivity contribution >= 4 is 40.0 Å². The minimum Gasteiger partial charge on any atom is -0.398 e. The Kier molecular flexibility index (Phi) is 3.99. The van der Waals surface area contributed by atoms with Gasteiger partial charge in [0.1, 0.15) is 5.82 Å². The summed E-state index contributed by atoms with van der Waals surface area (Å²) >= 11 is 7.63. The zero-order valence-electron chi connectivity index (χ0n) is 11.0. The highest BCUT2D eigenvalue weighted by Crippen LogP contribution is 2.30. The average Bonchev–Trinajstić information content (AvgIpc) is 2.50. The standard InChI is InChI=1S/C16H12ClFN2S/c17-13-8-11(4-6-15(13)19)21-9-10-3-5-14(18)12-2-1-7-20-16(10)12/h1-8H,9,19H2. The molecule has 106 valence electrons. The van der Waals surface area contributed by atoms with E-state index in [1.165, 1.54) is 6.07 Å². The number of hydrogen-bond acceptors (Lipinski definition) is 3. The van der Waals surface area contributed by atoms with Gasteiger partial charge in [-0.05, 0) is 42.0 Å². The molecule has 0 unspecified atom stereocenters. The zero-order valence-corrected chi connectivity index (χ0v) is 12.6. The van der Waals surface area contributed by atoms with E-state index in [1.807, 2.05) is 12.1 Å². The zero-order chi connectivity index (χ0) is 14.8. The predicted molar refractivity (Wildman–Crippen MR) is 87.1 cm³/mol. The number of nitrogen functional groups attached to an aromatic ring is 1. The summed E-state index contributed by atoms with van der Waals surface area (Å²) in [5.74, 6) is 0.441. The summed E-state index contributed by atoms with van der Waals surface area (Å²) in [6.07, 6.45) is 1.68. The van der Waals surface area contributed by atoms with E-state index in [9.17, 15) is 4.39 Å². The minimum absolute atomic E-state index is 0.248. The molecule has 0 spiro atoms. The normalized spacial score (nSPS) is 11.0. The van der Waals surface area contributed by atoms with Crippen molar-refractivity contribution in [1.29, 1.82) is 0 Å². The van der Waals surface area contributed by atoms with Crippen LogP contribution in [0, 0.1) is 5.82 Å². The molecule has 2 N–H and O–H groups in total. The maximum absolute atomic E-state index is 13.7. The predicted octanol–water partition coefficient (Wildman–Crippen LogP) is 4.90. The van der Waals surface area contributed by atoms with Crippen molar-refractivity contribution in [2.75, 3.05) is 5.73 Å². The highest BCUT2D eigenvalue weighted by Gasteiger charge is 2.07. The van der Waals surface area contributed by atoms with Crippen LogP contribution >= 0.6 is 23.4 Å². The monoisotopic (exact) mass is 318 g/mol. The number of halogens is 2. The minimum atomic E-state index is -0.248. The Bertz CT molecular complexity index is 807. The van der Waals surface area contributed by atoms with Crippen molar-refractivity contribution in [1.82, 2.24) is 4.98 Å². The van der Waals surface area contributed by atoms with Crippen LogP contribution in [0.5, 0.6) is 0 Å². The van der Waals surface area contributed by atoms with Gasteiger partial charge in [-0.15, -0.1) is 11.8 Å². The largest absolute Gasteiger partial charge is 0.398 e. The molecule has 0 saturated heterocycles. The molecule has 0 fully saturated rings. The maximum Gasteiger partial charge on any atom is 0.132 e. The molecule has 0 bridgehead atoms. The van der Waals surface area contributed by atoms with Crippen LogP contribution in [0.4, 0.5) is 10.1 Å². The molecule has 3 rings (SSSR count). The molecule has 0 aliphatic heterocycles. The lowest BCUT2D eigenvalue weighted by molar-refractivity contribution is 0.639. The molecule has 0 amide bonds. The fourth-order valence-electron chi connectivity index (χ4n) is 2.07. The van der Waals surface area contributed by atoms with Gasteiger partial charge in [-0.2, -0.15) is 0 Å². The molecule has 3 aromatic rings. The first-order valence-electron chi connectivity index (χ1n) is 6.35. The van der Waals surface area contributed by atoms with Gasteiger partial charge < -0.3 is 5.73 Å². The first-order valence-corrected chi connectivity index (χ1v) is 7.71. The first-order chi connectivity index (χ1) is 10.1. The molecule has 5 heteroatoms. The number of benzene rings is 2. The Hall–Kier alpha value is -1.78. The van der Waals surface area contributed by atoms with Crippen molar-refractivity contribution in [3.8, 4) is 0 Å². The van der Waals surface area contributed by atoms with E-state index >= 15 is 0 Å². The molecule has 21 heavy (non-hydrogen) atoms. The second kappa shape index (κ2) is 5.92. The lowest BCUT2D eigenvalue weighted by Gasteiger charge is -2.07. The summed E-state index contributed by atoms with van der Waals surface area (Å²) in [6, 6.07) is 12.3. The first kappa shape index (κ1) is 14.2. The fraction of sp³-hybridized carbons (Fsp3) is 0.0625. The van der Waals surface area contributed by atoms with Crippen LogP contribution in [-0.2, 0) is 5.75 Å². The van der Waals surface area contributed by atoms with Crippen LogP contribution < -0.4 is 5.73 Å². The van der Waals surface area contributed by atoms with Gasteiger partial charge in [0, 0.05) is 22.2 Å². The topological polar surface area (TPSA) is 38.9 Å². The molecule has 1 aromatic heterocycles. The molecule has 0 atom stereocenters. The smallest absolute Gasteiger partial charge is 0.132 e. The van der Waals surface area contributed by atoms with Gasteiger partial charge >= 0.3 is 0 Å². The molecular formula is C16H12ClFN2S. The molecule has 0 aliphatic carbocycles. The van der Waals surface area contributed by atoms with E-state index in [4.69, 9.17) is 17.3 Å². The highest BCUT2D eigenvalue weighted by molar-refractivity contribution is 7.98. The van der Waals surface area contributed by atoms with Gasteiger partial charge in [-0.3, -0.25) is 4.98 Å². The number of anilines is 1. The van der Waals surface area contributed by atoms with Crippen molar-refractivity contribution < 1.29 is 4.39 Å². The van der Waals surface area contributed by atoms with Crippen LogP contribution in [0.15, 0.2) is 53.6 Å². The summed E-state index contributed by atoms with van der Waals surface area (Å²) in [5, 5.41) is 1.09. The summed E-state index contributed by atoms with van der Waals surface area (Å²) < 4.78 is 13.7. The van der Waals surface area contributed by atoms with Gasteiger partial charge in [0.2, 0.25) is 0 Å². The third-order valence-electron chi connectivity index (χ3n) is 3.17. The van der Waals surface area contributed by atoms with Gasteiger partial charge in [0.25, 0.3) is 0 Å². The van der Waals surface area contributed by atoms with E-state index in [2.05, 4.69) is 4.98 Å². The molecule has 1 heterocycles. The number of hydrogen-bond donors (Lipinski definition) is 1. The molecular weight excluding hydrogens is 307 g/mol. The Morgan fingerprint density at radius 1 is 1.19 bits per heavy atom. The third kappa shape index (κ3) is 2.96. The molecule has 0 saturated carbocycles. The third-order valence-corrected chi connectivity index (χ3v) is 4.54. The van der Waals surface area contributed by atoms with E-state index in [0.717, 1.165) is 10.5 Å². The average molecular weight is 319 g/mol. The van der Waals surface area contributed by atoms with Crippen LogP contribution in [0.2, 0.25) is 5.02 Å². The number of rotatable bonds is 3. The number of aromatic nitrogens is 1. The molecule has 0 radical (unpaired) electrons. The number of thioether (sulfide) groups is 1.